The maximum atomic E-state index is 6.14. The van der Waals surface area contributed by atoms with E-state index in [4.69, 9.17) is 4.43 Å². The second kappa shape index (κ2) is 10.3. The summed E-state index contributed by atoms with van der Waals surface area (Å²) in [6.45, 7) is 8.89. The van der Waals surface area contributed by atoms with E-state index in [1.54, 1.807) is 0 Å². The van der Waals surface area contributed by atoms with Crippen LogP contribution < -0.4 is 28.3 Å². The van der Waals surface area contributed by atoms with Gasteiger partial charge in [-0.1, -0.05) is 54.6 Å². The Hall–Kier alpha value is -1.86. The fraction of sp³-hybridized carbons (Fsp3) is 0.200. The number of hydrogen-bond acceptors (Lipinski definition) is 1. The Bertz CT molecular complexity index is 809. The molecule has 1 nitrogen and oxygen atoms in total. The van der Waals surface area contributed by atoms with Crippen molar-refractivity contribution in [1.29, 1.82) is 0 Å². The Morgan fingerprint density at radius 1 is 0.724 bits per heavy atom. The Morgan fingerprint density at radius 2 is 1.07 bits per heavy atom. The molecule has 0 aliphatic heterocycles. The first kappa shape index (κ1) is 23.4. The van der Waals surface area contributed by atoms with Crippen LogP contribution in [0.1, 0.15) is 6.92 Å². The molecule has 0 N–H and O–H groups in total. The minimum atomic E-state index is -1.82. The molecule has 0 unspecified atom stereocenters. The molecule has 0 spiro atoms. The highest BCUT2D eigenvalue weighted by Crippen LogP contribution is 2.56. The van der Waals surface area contributed by atoms with Gasteiger partial charge in [0.1, 0.15) is 23.2 Å². The Balaban J connectivity index is 0.00000300. The summed E-state index contributed by atoms with van der Waals surface area (Å²) in [5.41, 5.74) is 1.30. The van der Waals surface area contributed by atoms with Gasteiger partial charge < -0.3 is 16.8 Å². The molecule has 0 aromatic heterocycles. The molecule has 0 radical (unpaired) electrons. The van der Waals surface area contributed by atoms with Crippen molar-refractivity contribution in [2.75, 3.05) is 6.16 Å². The van der Waals surface area contributed by atoms with Gasteiger partial charge in [0.15, 0.2) is 0 Å². The second-order valence-corrected chi connectivity index (χ2v) is 16.1. The average molecular weight is 441 g/mol. The van der Waals surface area contributed by atoms with E-state index in [-0.39, 0.29) is 12.4 Å². The van der Waals surface area contributed by atoms with Gasteiger partial charge in [-0.3, -0.25) is 0 Å². The van der Waals surface area contributed by atoms with E-state index in [1.807, 2.05) is 6.26 Å². The summed E-state index contributed by atoms with van der Waals surface area (Å²) in [5.74, 6) is 0. The lowest BCUT2D eigenvalue weighted by molar-refractivity contribution is -0.00000664. The molecular formula is C25H30ClOPSi. The van der Waals surface area contributed by atoms with E-state index in [2.05, 4.69) is 118 Å². The summed E-state index contributed by atoms with van der Waals surface area (Å²) in [5, 5.41) is 4.23. The Kier molecular flexibility index (Phi) is 8.28. The molecule has 0 fully saturated rings. The third-order valence-corrected chi connectivity index (χ3v) is 10.0. The number of rotatable bonds is 7. The standard InChI is InChI=1S/C25H30OPSi.ClH/c1-22(20-26-28(2,3)4)21-27(23-14-8-5-9-15-23,24-16-10-6-11-17-24)25-18-12-7-13-19-25;/h5-20H,21H2,1-4H3;1H/q+1;/p-1/b22-20-;. The zero-order valence-electron chi connectivity index (χ0n) is 17.7. The summed E-state index contributed by atoms with van der Waals surface area (Å²) in [6, 6.07) is 33.0. The lowest BCUT2D eigenvalue weighted by Crippen LogP contribution is -3.00. The Labute approximate surface area is 183 Å². The third-order valence-electron chi connectivity index (χ3n) is 4.69. The Morgan fingerprint density at radius 3 is 1.38 bits per heavy atom. The molecule has 0 aliphatic carbocycles. The normalized spacial score (nSPS) is 12.2. The van der Waals surface area contributed by atoms with Crippen molar-refractivity contribution < 1.29 is 16.8 Å². The zero-order valence-corrected chi connectivity index (χ0v) is 20.3. The molecule has 0 aliphatic rings. The monoisotopic (exact) mass is 440 g/mol. The van der Waals surface area contributed by atoms with Crippen LogP contribution in [0.15, 0.2) is 103 Å². The first-order chi connectivity index (χ1) is 13.4. The van der Waals surface area contributed by atoms with Crippen molar-refractivity contribution in [3.63, 3.8) is 0 Å². The predicted octanol–water partition coefficient (Wildman–Crippen LogP) is 2.74. The smallest absolute Gasteiger partial charge is 0.241 e. The van der Waals surface area contributed by atoms with E-state index in [1.165, 1.54) is 21.5 Å². The van der Waals surface area contributed by atoms with Gasteiger partial charge in [-0.25, -0.2) is 0 Å². The lowest BCUT2D eigenvalue weighted by Gasteiger charge is -2.28. The van der Waals surface area contributed by atoms with Crippen molar-refractivity contribution in [2.45, 2.75) is 26.6 Å². The summed E-state index contributed by atoms with van der Waals surface area (Å²) in [4.78, 5) is 0. The summed E-state index contributed by atoms with van der Waals surface area (Å²) >= 11 is 0. The molecule has 0 bridgehead atoms. The molecular weight excluding hydrogens is 411 g/mol. The molecule has 3 aromatic carbocycles. The summed E-state index contributed by atoms with van der Waals surface area (Å²) < 4.78 is 6.14. The van der Waals surface area contributed by atoms with E-state index in [0.29, 0.717) is 0 Å². The van der Waals surface area contributed by atoms with Crippen molar-refractivity contribution in [3.05, 3.63) is 103 Å². The molecule has 0 saturated heterocycles. The van der Waals surface area contributed by atoms with E-state index >= 15 is 0 Å². The molecule has 0 atom stereocenters. The average Bonchev–Trinajstić information content (AvgIpc) is 2.72. The van der Waals surface area contributed by atoms with E-state index in [0.717, 1.165) is 6.16 Å². The van der Waals surface area contributed by atoms with Crippen molar-refractivity contribution in [1.82, 2.24) is 0 Å². The molecule has 0 amide bonds. The quantitative estimate of drug-likeness (QED) is 0.312. The van der Waals surface area contributed by atoms with Gasteiger partial charge in [0, 0.05) is 0 Å². The minimum absolute atomic E-state index is 0. The maximum absolute atomic E-state index is 6.14. The fourth-order valence-corrected chi connectivity index (χ4v) is 8.32. The van der Waals surface area contributed by atoms with Gasteiger partial charge in [-0.2, -0.15) is 0 Å². The van der Waals surface area contributed by atoms with Crippen molar-refractivity contribution in [2.24, 2.45) is 0 Å². The first-order valence-corrected chi connectivity index (χ1v) is 15.2. The van der Waals surface area contributed by atoms with Crippen LogP contribution in [0.4, 0.5) is 0 Å². The van der Waals surface area contributed by atoms with Crippen molar-refractivity contribution >= 4 is 31.5 Å². The number of benzene rings is 3. The zero-order chi connectivity index (χ0) is 20.0. The van der Waals surface area contributed by atoms with Crippen LogP contribution in [0.25, 0.3) is 0 Å². The van der Waals surface area contributed by atoms with Gasteiger partial charge in [0.2, 0.25) is 8.32 Å². The largest absolute Gasteiger partial charge is 1.00 e. The topological polar surface area (TPSA) is 9.23 Å². The molecule has 0 saturated carbocycles. The fourth-order valence-electron chi connectivity index (χ4n) is 3.46. The van der Waals surface area contributed by atoms with Crippen LogP contribution in [0, 0.1) is 0 Å². The molecule has 4 heteroatoms. The van der Waals surface area contributed by atoms with Gasteiger partial charge in [0.05, 0.1) is 12.4 Å². The van der Waals surface area contributed by atoms with E-state index in [9.17, 15) is 0 Å². The van der Waals surface area contributed by atoms with Crippen LogP contribution in [0.5, 0.6) is 0 Å². The third kappa shape index (κ3) is 5.82. The maximum Gasteiger partial charge on any atom is 0.241 e. The van der Waals surface area contributed by atoms with Gasteiger partial charge in [0.25, 0.3) is 0 Å². The second-order valence-electron chi connectivity index (χ2n) is 8.17. The highest BCUT2D eigenvalue weighted by atomic mass is 35.5. The number of halogens is 1. The number of allylic oxidation sites excluding steroid dienone is 1. The number of hydrogen-bond donors (Lipinski definition) is 0. The molecule has 0 heterocycles. The van der Waals surface area contributed by atoms with Crippen LogP contribution in [-0.2, 0) is 4.43 Å². The molecule has 29 heavy (non-hydrogen) atoms. The van der Waals surface area contributed by atoms with Crippen LogP contribution in [0.3, 0.4) is 0 Å². The highest BCUT2D eigenvalue weighted by Gasteiger charge is 2.45. The van der Waals surface area contributed by atoms with E-state index < -0.39 is 15.6 Å². The molecule has 3 aromatic rings. The lowest BCUT2D eigenvalue weighted by atomic mass is 10.3. The van der Waals surface area contributed by atoms with Gasteiger partial charge in [-0.15, -0.1) is 0 Å². The highest BCUT2D eigenvalue weighted by molar-refractivity contribution is 7.95. The van der Waals surface area contributed by atoms with Crippen LogP contribution in [-0.4, -0.2) is 14.5 Å². The van der Waals surface area contributed by atoms with Crippen molar-refractivity contribution in [3.8, 4) is 0 Å². The minimum Gasteiger partial charge on any atom is -1.00 e. The summed E-state index contributed by atoms with van der Waals surface area (Å²) in [6.07, 6.45) is 3.01. The SMILES string of the molecule is C/C(=C/O[Si](C)(C)C)C[P+](c1ccccc1)(c1ccccc1)c1ccccc1.[Cl-]. The predicted molar refractivity (Wildman–Crippen MR) is 128 cm³/mol. The van der Waals surface area contributed by atoms with Crippen LogP contribution >= 0.6 is 7.26 Å². The molecule has 152 valence electrons. The molecule has 3 rings (SSSR count). The van der Waals surface area contributed by atoms with Gasteiger partial charge in [-0.05, 0) is 68.5 Å². The van der Waals surface area contributed by atoms with Crippen LogP contribution in [0.2, 0.25) is 19.6 Å². The first-order valence-electron chi connectivity index (χ1n) is 9.80. The van der Waals surface area contributed by atoms with Gasteiger partial charge >= 0.3 is 0 Å². The summed E-state index contributed by atoms with van der Waals surface area (Å²) in [7, 11) is -3.42.